The molecule has 0 radical (unpaired) electrons. The van der Waals surface area contributed by atoms with E-state index in [4.69, 9.17) is 16.3 Å². The Morgan fingerprint density at radius 2 is 2.26 bits per heavy atom. The topological polar surface area (TPSA) is 61.9 Å². The minimum Gasteiger partial charge on any atom is -0.491 e. The molecule has 2 aliphatic rings. The van der Waals surface area contributed by atoms with E-state index in [1.165, 1.54) is 0 Å². The second kappa shape index (κ2) is 6.76. The van der Waals surface area contributed by atoms with Crippen LogP contribution in [0.3, 0.4) is 0 Å². The third kappa shape index (κ3) is 3.59. The number of ether oxygens (including phenoxy) is 1. The number of piperazine rings is 1. The molecule has 0 aromatic heterocycles. The number of benzene rings is 1. The summed E-state index contributed by atoms with van der Waals surface area (Å²) in [5, 5.41) is 3.43. The van der Waals surface area contributed by atoms with Crippen molar-refractivity contribution < 1.29 is 14.3 Å². The molecule has 2 amide bonds. The van der Waals surface area contributed by atoms with E-state index in [2.05, 4.69) is 5.32 Å². The summed E-state index contributed by atoms with van der Waals surface area (Å²) in [5.74, 6) is 0.633. The highest BCUT2D eigenvalue weighted by molar-refractivity contribution is 6.30. The molecule has 6 nitrogen and oxygen atoms in total. The molecule has 0 saturated carbocycles. The summed E-state index contributed by atoms with van der Waals surface area (Å²) >= 11 is 6.03. The number of nitrogens with one attached hydrogen (secondary N) is 1. The van der Waals surface area contributed by atoms with Crippen molar-refractivity contribution in [3.8, 4) is 5.75 Å². The third-order valence-corrected chi connectivity index (χ3v) is 4.56. The minimum atomic E-state index is -0.403. The maximum atomic E-state index is 12.6. The Morgan fingerprint density at radius 1 is 1.43 bits per heavy atom. The van der Waals surface area contributed by atoms with Gasteiger partial charge in [0.15, 0.2) is 0 Å². The molecule has 1 atom stereocenters. The Bertz CT molecular complexity index is 623. The number of fused-ring (bicyclic) bond motifs is 1. The number of carbonyl (C=O) groups is 2. The standard InChI is InChI=1S/C16H20ClN3O3/c1-19-5-4-18-16(22)13(19)9-15(21)20-6-7-23-14-3-2-12(17)8-11(14)10-20/h2-3,8,13H,4-7,9-10H2,1H3,(H,18,22)/t13-/m0/s1. The highest BCUT2D eigenvalue weighted by Gasteiger charge is 2.31. The number of nitrogens with zero attached hydrogens (tertiary/aromatic N) is 2. The van der Waals surface area contributed by atoms with Crippen molar-refractivity contribution in [2.75, 3.05) is 33.3 Å². The van der Waals surface area contributed by atoms with Crippen LogP contribution in [0.5, 0.6) is 5.75 Å². The van der Waals surface area contributed by atoms with E-state index >= 15 is 0 Å². The van der Waals surface area contributed by atoms with E-state index in [-0.39, 0.29) is 18.2 Å². The molecule has 7 heteroatoms. The lowest BCUT2D eigenvalue weighted by Crippen LogP contribution is -2.55. The molecule has 1 saturated heterocycles. The van der Waals surface area contributed by atoms with Gasteiger partial charge in [0.25, 0.3) is 0 Å². The molecule has 23 heavy (non-hydrogen) atoms. The average molecular weight is 338 g/mol. The Balaban J connectivity index is 1.71. The average Bonchev–Trinajstić information content (AvgIpc) is 2.72. The maximum Gasteiger partial charge on any atom is 0.237 e. The van der Waals surface area contributed by atoms with Crippen LogP contribution in [0.25, 0.3) is 0 Å². The fourth-order valence-corrected chi connectivity index (χ4v) is 3.14. The quantitative estimate of drug-likeness (QED) is 0.870. The SMILES string of the molecule is CN1CCNC(=O)[C@@H]1CC(=O)N1CCOc2ccc(Cl)cc2C1. The van der Waals surface area contributed by atoms with Crippen LogP contribution < -0.4 is 10.1 Å². The van der Waals surface area contributed by atoms with Crippen LogP contribution in [0, 0.1) is 0 Å². The second-order valence-electron chi connectivity index (χ2n) is 5.91. The monoisotopic (exact) mass is 337 g/mol. The summed E-state index contributed by atoms with van der Waals surface area (Å²) in [7, 11) is 1.87. The first-order valence-corrected chi connectivity index (χ1v) is 8.09. The van der Waals surface area contributed by atoms with E-state index in [0.717, 1.165) is 17.9 Å². The first kappa shape index (κ1) is 16.1. The Hall–Kier alpha value is -1.79. The molecule has 2 heterocycles. The zero-order chi connectivity index (χ0) is 16.4. The molecular weight excluding hydrogens is 318 g/mol. The molecule has 2 aliphatic heterocycles. The fraction of sp³-hybridized carbons (Fsp3) is 0.500. The van der Waals surface area contributed by atoms with Crippen molar-refractivity contribution >= 4 is 23.4 Å². The van der Waals surface area contributed by atoms with Crippen LogP contribution >= 0.6 is 11.6 Å². The van der Waals surface area contributed by atoms with Crippen molar-refractivity contribution in [3.05, 3.63) is 28.8 Å². The van der Waals surface area contributed by atoms with Gasteiger partial charge in [-0.1, -0.05) is 11.6 Å². The van der Waals surface area contributed by atoms with Crippen molar-refractivity contribution in [1.29, 1.82) is 0 Å². The van der Waals surface area contributed by atoms with Crippen molar-refractivity contribution in [3.63, 3.8) is 0 Å². The summed E-state index contributed by atoms with van der Waals surface area (Å²) in [6.07, 6.45) is 0.179. The maximum absolute atomic E-state index is 12.6. The van der Waals surface area contributed by atoms with Crippen LogP contribution in [0.4, 0.5) is 0 Å². The number of rotatable bonds is 2. The number of amides is 2. The molecule has 0 unspecified atom stereocenters. The van der Waals surface area contributed by atoms with Gasteiger partial charge in [0.05, 0.1) is 19.0 Å². The van der Waals surface area contributed by atoms with Gasteiger partial charge in [0, 0.05) is 30.2 Å². The summed E-state index contributed by atoms with van der Waals surface area (Å²) in [5.41, 5.74) is 0.893. The lowest BCUT2D eigenvalue weighted by atomic mass is 10.1. The molecule has 1 N–H and O–H groups in total. The molecule has 0 spiro atoms. The van der Waals surface area contributed by atoms with Crippen LogP contribution in [-0.4, -0.2) is 60.9 Å². The van der Waals surface area contributed by atoms with Gasteiger partial charge >= 0.3 is 0 Å². The molecule has 0 bridgehead atoms. The van der Waals surface area contributed by atoms with Crippen LogP contribution in [-0.2, 0) is 16.1 Å². The molecule has 124 valence electrons. The Kier molecular flexibility index (Phi) is 4.73. The van der Waals surface area contributed by atoms with Crippen LogP contribution in [0.15, 0.2) is 18.2 Å². The van der Waals surface area contributed by atoms with E-state index in [1.54, 1.807) is 11.0 Å². The number of carbonyl (C=O) groups excluding carboxylic acids is 2. The first-order valence-electron chi connectivity index (χ1n) is 7.71. The summed E-state index contributed by atoms with van der Waals surface area (Å²) in [4.78, 5) is 28.3. The molecular formula is C16H20ClN3O3. The third-order valence-electron chi connectivity index (χ3n) is 4.32. The first-order chi connectivity index (χ1) is 11.0. The van der Waals surface area contributed by atoms with Gasteiger partial charge in [0.2, 0.25) is 11.8 Å². The van der Waals surface area contributed by atoms with Crippen LogP contribution in [0.1, 0.15) is 12.0 Å². The largest absolute Gasteiger partial charge is 0.491 e. The van der Waals surface area contributed by atoms with Gasteiger partial charge in [-0.2, -0.15) is 0 Å². The number of hydrogen-bond acceptors (Lipinski definition) is 4. The normalized spacial score (nSPS) is 21.9. The second-order valence-corrected chi connectivity index (χ2v) is 6.34. The van der Waals surface area contributed by atoms with E-state index in [1.807, 2.05) is 24.1 Å². The summed E-state index contributed by atoms with van der Waals surface area (Å²) < 4.78 is 5.67. The molecule has 0 aliphatic carbocycles. The van der Waals surface area contributed by atoms with E-state index < -0.39 is 6.04 Å². The number of halogens is 1. The lowest BCUT2D eigenvalue weighted by Gasteiger charge is -2.32. The highest BCUT2D eigenvalue weighted by atomic mass is 35.5. The van der Waals surface area contributed by atoms with Gasteiger partial charge in [-0.15, -0.1) is 0 Å². The molecule has 3 rings (SSSR count). The lowest BCUT2D eigenvalue weighted by molar-refractivity contribution is -0.138. The predicted molar refractivity (Wildman–Crippen MR) is 86.4 cm³/mol. The minimum absolute atomic E-state index is 0.0460. The summed E-state index contributed by atoms with van der Waals surface area (Å²) in [6.45, 7) is 2.78. The predicted octanol–water partition coefficient (Wildman–Crippen LogP) is 0.881. The number of hydrogen-bond donors (Lipinski definition) is 1. The van der Waals surface area contributed by atoms with Crippen molar-refractivity contribution in [2.24, 2.45) is 0 Å². The van der Waals surface area contributed by atoms with Gasteiger partial charge < -0.3 is 15.0 Å². The van der Waals surface area contributed by atoms with Crippen molar-refractivity contribution in [1.82, 2.24) is 15.1 Å². The smallest absolute Gasteiger partial charge is 0.237 e. The van der Waals surface area contributed by atoms with Gasteiger partial charge in [-0.3, -0.25) is 14.5 Å². The van der Waals surface area contributed by atoms with Crippen molar-refractivity contribution in [2.45, 2.75) is 19.0 Å². The van der Waals surface area contributed by atoms with Gasteiger partial charge in [0.1, 0.15) is 12.4 Å². The van der Waals surface area contributed by atoms with E-state index in [9.17, 15) is 9.59 Å². The fourth-order valence-electron chi connectivity index (χ4n) is 2.95. The van der Waals surface area contributed by atoms with E-state index in [0.29, 0.717) is 31.3 Å². The molecule has 1 fully saturated rings. The highest BCUT2D eigenvalue weighted by Crippen LogP contribution is 2.26. The molecule has 1 aromatic carbocycles. The van der Waals surface area contributed by atoms with Gasteiger partial charge in [-0.05, 0) is 25.2 Å². The zero-order valence-electron chi connectivity index (χ0n) is 13.0. The Morgan fingerprint density at radius 3 is 3.04 bits per heavy atom. The summed E-state index contributed by atoms with van der Waals surface area (Å²) in [6, 6.07) is 5.02. The van der Waals surface area contributed by atoms with Gasteiger partial charge in [-0.25, -0.2) is 0 Å². The number of likely N-dealkylation sites (N-methyl/N-ethyl adjacent to an activating group) is 1. The molecule has 1 aromatic rings. The van der Waals surface area contributed by atoms with Crippen LogP contribution in [0.2, 0.25) is 5.02 Å². The Labute approximate surface area is 140 Å². The zero-order valence-corrected chi connectivity index (χ0v) is 13.8.